The Hall–Kier alpha value is -0.895. The molecule has 76 valence electrons. The summed E-state index contributed by atoms with van der Waals surface area (Å²) >= 11 is 5.75. The Labute approximate surface area is 85.4 Å². The van der Waals surface area contributed by atoms with Gasteiger partial charge in [-0.25, -0.2) is 0 Å². The molecule has 0 fully saturated rings. The van der Waals surface area contributed by atoms with Gasteiger partial charge in [-0.1, -0.05) is 29.8 Å². The Morgan fingerprint density at radius 3 is 2.43 bits per heavy atom. The van der Waals surface area contributed by atoms with Crippen molar-refractivity contribution in [3.8, 4) is 0 Å². The van der Waals surface area contributed by atoms with E-state index in [9.17, 15) is 12.9 Å². The van der Waals surface area contributed by atoms with Crippen LogP contribution in [0.3, 0.4) is 0 Å². The molecule has 1 aromatic carbocycles. The summed E-state index contributed by atoms with van der Waals surface area (Å²) in [6.45, 7) is -3.18. The maximum absolute atomic E-state index is 11.9. The van der Waals surface area contributed by atoms with Gasteiger partial charge in [-0.05, 0) is 24.1 Å². The van der Waals surface area contributed by atoms with Crippen LogP contribution in [0.25, 0.3) is 6.08 Å². The second-order valence-electron chi connectivity index (χ2n) is 2.95. The van der Waals surface area contributed by atoms with Crippen molar-refractivity contribution in [2.75, 3.05) is 0 Å². The van der Waals surface area contributed by atoms with Crippen molar-refractivity contribution >= 4 is 24.7 Å². The van der Waals surface area contributed by atoms with Crippen molar-refractivity contribution in [3.05, 3.63) is 40.3 Å². The molecule has 0 saturated carbocycles. The van der Waals surface area contributed by atoms with Gasteiger partial charge in [-0.15, -0.1) is 5.98 Å². The molecule has 0 nitrogen and oxygen atoms in total. The van der Waals surface area contributed by atoms with E-state index < -0.39 is 6.98 Å². The summed E-state index contributed by atoms with van der Waals surface area (Å²) in [5.74, 6) is 0.244. The minimum absolute atomic E-state index is 0.244. The zero-order valence-corrected chi connectivity index (χ0v) is 8.23. The highest BCUT2D eigenvalue weighted by Gasteiger charge is 2.17. The third-order valence-corrected chi connectivity index (χ3v) is 2.08. The fourth-order valence-corrected chi connectivity index (χ4v) is 1.35. The largest absolute Gasteiger partial charge is 0.502 e. The zero-order chi connectivity index (χ0) is 10.8. The number of rotatable bonds is 2. The summed E-state index contributed by atoms with van der Waals surface area (Å²) in [6, 6.07) is 4.99. The van der Waals surface area contributed by atoms with Crippen LogP contribution in [0.1, 0.15) is 11.1 Å². The molecular formula is C9H8BClF3-. The first-order valence-corrected chi connectivity index (χ1v) is 4.42. The third kappa shape index (κ3) is 3.11. The molecule has 0 aliphatic rings. The smallest absolute Gasteiger partial charge is 0.445 e. The quantitative estimate of drug-likeness (QED) is 0.658. The molecule has 0 unspecified atom stereocenters. The van der Waals surface area contributed by atoms with Crippen LogP contribution in [-0.4, -0.2) is 6.98 Å². The molecule has 0 atom stereocenters. The third-order valence-electron chi connectivity index (χ3n) is 1.75. The van der Waals surface area contributed by atoms with Gasteiger partial charge in [0.1, 0.15) is 0 Å². The molecule has 14 heavy (non-hydrogen) atoms. The van der Waals surface area contributed by atoms with Gasteiger partial charge < -0.3 is 12.9 Å². The van der Waals surface area contributed by atoms with E-state index in [4.69, 9.17) is 11.6 Å². The van der Waals surface area contributed by atoms with Gasteiger partial charge in [-0.2, -0.15) is 0 Å². The molecule has 0 saturated heterocycles. The van der Waals surface area contributed by atoms with Crippen LogP contribution in [0.4, 0.5) is 12.9 Å². The van der Waals surface area contributed by atoms with Crippen LogP contribution in [0.15, 0.2) is 24.2 Å². The lowest BCUT2D eigenvalue weighted by Crippen LogP contribution is -2.09. The fraction of sp³-hybridized carbons (Fsp3) is 0.111. The van der Waals surface area contributed by atoms with E-state index in [1.165, 1.54) is 0 Å². The summed E-state index contributed by atoms with van der Waals surface area (Å²) in [5, 5.41) is 0.335. The van der Waals surface area contributed by atoms with Gasteiger partial charge in [0.2, 0.25) is 0 Å². The lowest BCUT2D eigenvalue weighted by Gasteiger charge is -2.08. The van der Waals surface area contributed by atoms with Crippen molar-refractivity contribution in [2.45, 2.75) is 6.92 Å². The average molecular weight is 219 g/mol. The molecule has 0 radical (unpaired) electrons. The number of hydrogen-bond acceptors (Lipinski definition) is 0. The first-order chi connectivity index (χ1) is 6.40. The Bertz CT molecular complexity index is 337. The van der Waals surface area contributed by atoms with E-state index in [0.717, 1.165) is 11.6 Å². The first-order valence-electron chi connectivity index (χ1n) is 4.04. The summed E-state index contributed by atoms with van der Waals surface area (Å²) in [4.78, 5) is 0. The first kappa shape index (κ1) is 11.2. The predicted octanol–water partition coefficient (Wildman–Crippen LogP) is 4.05. The van der Waals surface area contributed by atoms with Crippen LogP contribution < -0.4 is 0 Å². The van der Waals surface area contributed by atoms with E-state index in [0.29, 0.717) is 10.6 Å². The molecule has 0 aliphatic heterocycles. The minimum atomic E-state index is -4.90. The Kier molecular flexibility index (Phi) is 3.27. The summed E-state index contributed by atoms with van der Waals surface area (Å²) in [6.07, 6.45) is 1.01. The van der Waals surface area contributed by atoms with Gasteiger partial charge >= 0.3 is 6.98 Å². The van der Waals surface area contributed by atoms with E-state index in [-0.39, 0.29) is 5.98 Å². The van der Waals surface area contributed by atoms with Gasteiger partial charge in [0.15, 0.2) is 0 Å². The summed E-state index contributed by atoms with van der Waals surface area (Å²) < 4.78 is 35.8. The number of benzene rings is 1. The molecular weight excluding hydrogens is 211 g/mol. The van der Waals surface area contributed by atoms with Crippen molar-refractivity contribution in [1.82, 2.24) is 0 Å². The van der Waals surface area contributed by atoms with Crippen molar-refractivity contribution in [2.24, 2.45) is 0 Å². The number of hydrogen-bond donors (Lipinski definition) is 0. The molecule has 0 aromatic heterocycles. The normalized spacial score (nSPS) is 12.4. The van der Waals surface area contributed by atoms with Crippen LogP contribution in [-0.2, 0) is 0 Å². The fourth-order valence-electron chi connectivity index (χ4n) is 1.06. The highest BCUT2D eigenvalue weighted by molar-refractivity contribution is 6.65. The molecule has 0 bridgehead atoms. The Balaban J connectivity index is 3.03. The van der Waals surface area contributed by atoms with Crippen molar-refractivity contribution < 1.29 is 12.9 Å². The SMILES string of the molecule is Cc1cccc(Cl)c1/C=C/[B-](F)(F)F. The van der Waals surface area contributed by atoms with E-state index in [2.05, 4.69) is 0 Å². The van der Waals surface area contributed by atoms with E-state index in [1.54, 1.807) is 25.1 Å². The van der Waals surface area contributed by atoms with Gasteiger partial charge in [0.25, 0.3) is 0 Å². The molecule has 1 aromatic rings. The van der Waals surface area contributed by atoms with Crippen molar-refractivity contribution in [1.29, 1.82) is 0 Å². The lowest BCUT2D eigenvalue weighted by molar-refractivity contribution is 0.499. The summed E-state index contributed by atoms with van der Waals surface area (Å²) in [7, 11) is 0. The molecule has 0 spiro atoms. The van der Waals surface area contributed by atoms with Crippen LogP contribution in [0.5, 0.6) is 0 Å². The molecule has 0 amide bonds. The van der Waals surface area contributed by atoms with Gasteiger partial charge in [0.05, 0.1) is 0 Å². The van der Waals surface area contributed by atoms with Crippen LogP contribution >= 0.6 is 11.6 Å². The monoisotopic (exact) mass is 219 g/mol. The maximum atomic E-state index is 11.9. The highest BCUT2D eigenvalue weighted by Crippen LogP contribution is 2.22. The second-order valence-corrected chi connectivity index (χ2v) is 3.36. The van der Waals surface area contributed by atoms with Gasteiger partial charge in [0, 0.05) is 5.02 Å². The highest BCUT2D eigenvalue weighted by atomic mass is 35.5. The van der Waals surface area contributed by atoms with E-state index in [1.807, 2.05) is 0 Å². The van der Waals surface area contributed by atoms with Gasteiger partial charge in [-0.3, -0.25) is 0 Å². The number of aryl methyl sites for hydroxylation is 1. The maximum Gasteiger partial charge on any atom is 0.502 e. The van der Waals surface area contributed by atoms with Crippen LogP contribution in [0, 0.1) is 6.92 Å². The topological polar surface area (TPSA) is 0 Å². The Morgan fingerprint density at radius 2 is 1.93 bits per heavy atom. The molecule has 0 heterocycles. The minimum Gasteiger partial charge on any atom is -0.445 e. The second kappa shape index (κ2) is 4.09. The zero-order valence-electron chi connectivity index (χ0n) is 7.48. The van der Waals surface area contributed by atoms with Crippen molar-refractivity contribution in [3.63, 3.8) is 0 Å². The Morgan fingerprint density at radius 1 is 1.29 bits per heavy atom. The molecule has 0 N–H and O–H groups in total. The predicted molar refractivity (Wildman–Crippen MR) is 54.3 cm³/mol. The summed E-state index contributed by atoms with van der Waals surface area (Å²) in [5.41, 5.74) is 1.15. The standard InChI is InChI=1S/C9H8BClF3/c1-7-3-2-4-9(11)8(7)5-6-10(12,13)14/h2-6H,1H3/q-1/b6-5+. The molecule has 1 rings (SSSR count). The van der Waals surface area contributed by atoms with Crippen LogP contribution in [0.2, 0.25) is 5.02 Å². The molecule has 5 heteroatoms. The number of halogens is 4. The lowest BCUT2D eigenvalue weighted by atomic mass is 9.90. The van der Waals surface area contributed by atoms with E-state index >= 15 is 0 Å². The average Bonchev–Trinajstić information content (AvgIpc) is 2.01. The molecule has 0 aliphatic carbocycles.